The van der Waals surface area contributed by atoms with Crippen LogP contribution in [0.5, 0.6) is 0 Å². The third kappa shape index (κ3) is 5.00. The molecule has 2 rings (SSSR count). The second-order valence-electron chi connectivity index (χ2n) is 5.18. The molecule has 0 bridgehead atoms. The first kappa shape index (κ1) is 16.3. The SMILES string of the molecule is CCC(SC(=S)N1CCCC1)C(=O)NCc1ccccc1. The van der Waals surface area contributed by atoms with Crippen LogP contribution in [0.25, 0.3) is 0 Å². The van der Waals surface area contributed by atoms with Gasteiger partial charge in [0, 0.05) is 19.6 Å². The Morgan fingerprint density at radius 2 is 2.00 bits per heavy atom. The molecule has 1 saturated heterocycles. The van der Waals surface area contributed by atoms with E-state index in [2.05, 4.69) is 10.2 Å². The van der Waals surface area contributed by atoms with Crippen molar-refractivity contribution in [1.29, 1.82) is 0 Å². The second kappa shape index (κ2) is 8.39. The summed E-state index contributed by atoms with van der Waals surface area (Å²) < 4.78 is 0.870. The standard InChI is InChI=1S/C16H22N2OS2/c1-2-14(21-16(20)18-10-6-7-11-18)15(19)17-12-13-8-4-3-5-9-13/h3-5,8-9,14H,2,6-7,10-12H2,1H3,(H,17,19). The van der Waals surface area contributed by atoms with Crippen LogP contribution in [0.1, 0.15) is 31.7 Å². The molecular weight excluding hydrogens is 300 g/mol. The van der Waals surface area contributed by atoms with Crippen LogP contribution >= 0.6 is 24.0 Å². The van der Waals surface area contributed by atoms with Gasteiger partial charge in [-0.3, -0.25) is 4.79 Å². The summed E-state index contributed by atoms with van der Waals surface area (Å²) >= 11 is 6.99. The van der Waals surface area contributed by atoms with E-state index in [-0.39, 0.29) is 11.2 Å². The molecule has 1 aliphatic heterocycles. The fraction of sp³-hybridized carbons (Fsp3) is 0.500. The largest absolute Gasteiger partial charge is 0.358 e. The molecule has 1 aromatic carbocycles. The quantitative estimate of drug-likeness (QED) is 0.844. The van der Waals surface area contributed by atoms with E-state index in [1.165, 1.54) is 24.6 Å². The monoisotopic (exact) mass is 322 g/mol. The molecule has 5 heteroatoms. The number of carbonyl (C=O) groups excluding carboxylic acids is 1. The van der Waals surface area contributed by atoms with E-state index in [1.54, 1.807) is 0 Å². The Balaban J connectivity index is 1.82. The topological polar surface area (TPSA) is 32.3 Å². The van der Waals surface area contributed by atoms with Crippen molar-refractivity contribution in [2.45, 2.75) is 38.0 Å². The van der Waals surface area contributed by atoms with Crippen molar-refractivity contribution in [1.82, 2.24) is 10.2 Å². The predicted octanol–water partition coefficient (Wildman–Crippen LogP) is 3.20. The summed E-state index contributed by atoms with van der Waals surface area (Å²) in [5, 5.41) is 2.91. The summed E-state index contributed by atoms with van der Waals surface area (Å²) in [7, 11) is 0. The fourth-order valence-corrected chi connectivity index (χ4v) is 3.78. The maximum Gasteiger partial charge on any atom is 0.233 e. The summed E-state index contributed by atoms with van der Waals surface area (Å²) in [6.07, 6.45) is 3.20. The Labute approximate surface area is 136 Å². The van der Waals surface area contributed by atoms with Crippen molar-refractivity contribution < 1.29 is 4.79 Å². The molecule has 114 valence electrons. The molecule has 0 aromatic heterocycles. The molecule has 1 aliphatic rings. The molecule has 1 aromatic rings. The predicted molar refractivity (Wildman–Crippen MR) is 93.4 cm³/mol. The molecule has 0 aliphatic carbocycles. The zero-order valence-corrected chi connectivity index (χ0v) is 14.0. The fourth-order valence-electron chi connectivity index (χ4n) is 2.32. The lowest BCUT2D eigenvalue weighted by atomic mass is 10.2. The first-order valence-corrected chi connectivity index (χ1v) is 8.76. The number of hydrogen-bond donors (Lipinski definition) is 1. The zero-order chi connectivity index (χ0) is 15.1. The molecule has 1 amide bonds. The summed E-state index contributed by atoms with van der Waals surface area (Å²) in [6.45, 7) is 4.68. The molecule has 1 heterocycles. The van der Waals surface area contributed by atoms with Gasteiger partial charge in [-0.2, -0.15) is 0 Å². The van der Waals surface area contributed by atoms with E-state index in [9.17, 15) is 4.79 Å². The summed E-state index contributed by atoms with van der Waals surface area (Å²) in [4.78, 5) is 14.5. The molecule has 0 saturated carbocycles. The number of rotatable bonds is 5. The molecule has 1 N–H and O–H groups in total. The lowest BCUT2D eigenvalue weighted by Gasteiger charge is -2.21. The molecule has 1 unspecified atom stereocenters. The Morgan fingerprint density at radius 1 is 1.33 bits per heavy atom. The van der Waals surface area contributed by atoms with Crippen LogP contribution in [0, 0.1) is 0 Å². The van der Waals surface area contributed by atoms with Gasteiger partial charge < -0.3 is 10.2 Å². The van der Waals surface area contributed by atoms with E-state index < -0.39 is 0 Å². The van der Waals surface area contributed by atoms with Gasteiger partial charge >= 0.3 is 0 Å². The van der Waals surface area contributed by atoms with Gasteiger partial charge in [0.1, 0.15) is 4.32 Å². The van der Waals surface area contributed by atoms with E-state index in [0.29, 0.717) is 6.54 Å². The van der Waals surface area contributed by atoms with Gasteiger partial charge in [0.2, 0.25) is 5.91 Å². The maximum absolute atomic E-state index is 12.3. The smallest absolute Gasteiger partial charge is 0.233 e. The molecule has 0 radical (unpaired) electrons. The van der Waals surface area contributed by atoms with Crippen LogP contribution in [0.15, 0.2) is 30.3 Å². The summed E-state index contributed by atoms with van der Waals surface area (Å²) in [6, 6.07) is 9.98. The van der Waals surface area contributed by atoms with Gasteiger partial charge in [-0.05, 0) is 24.8 Å². The first-order valence-electron chi connectivity index (χ1n) is 7.48. The molecule has 1 atom stereocenters. The van der Waals surface area contributed by atoms with Crippen LogP contribution in [-0.4, -0.2) is 33.5 Å². The average molecular weight is 322 g/mol. The number of hydrogen-bond acceptors (Lipinski definition) is 3. The van der Waals surface area contributed by atoms with E-state index >= 15 is 0 Å². The van der Waals surface area contributed by atoms with Crippen molar-refractivity contribution in [2.75, 3.05) is 13.1 Å². The maximum atomic E-state index is 12.3. The third-order valence-corrected chi connectivity index (χ3v) is 5.42. The zero-order valence-electron chi connectivity index (χ0n) is 12.4. The normalized spacial score (nSPS) is 15.8. The Hall–Kier alpha value is -1.07. The van der Waals surface area contributed by atoms with Crippen LogP contribution in [0.2, 0.25) is 0 Å². The first-order chi connectivity index (χ1) is 10.2. The summed E-state index contributed by atoms with van der Waals surface area (Å²) in [5.74, 6) is 0.0768. The minimum Gasteiger partial charge on any atom is -0.358 e. The number of thioether (sulfide) groups is 1. The number of thiocarbonyl (C=S) groups is 1. The Morgan fingerprint density at radius 3 is 2.62 bits per heavy atom. The van der Waals surface area contributed by atoms with Gasteiger partial charge in [-0.25, -0.2) is 0 Å². The van der Waals surface area contributed by atoms with Gasteiger partial charge in [-0.15, -0.1) is 0 Å². The highest BCUT2D eigenvalue weighted by atomic mass is 32.2. The number of amides is 1. The lowest BCUT2D eigenvalue weighted by Crippen LogP contribution is -2.34. The minimum absolute atomic E-state index is 0.0768. The number of nitrogens with one attached hydrogen (secondary N) is 1. The van der Waals surface area contributed by atoms with Crippen molar-refractivity contribution in [3.05, 3.63) is 35.9 Å². The molecule has 3 nitrogen and oxygen atoms in total. The van der Waals surface area contributed by atoms with Crippen LogP contribution in [-0.2, 0) is 11.3 Å². The van der Waals surface area contributed by atoms with Gasteiger partial charge in [0.15, 0.2) is 0 Å². The van der Waals surface area contributed by atoms with Crippen LogP contribution in [0.4, 0.5) is 0 Å². The van der Waals surface area contributed by atoms with Crippen molar-refractivity contribution in [3.63, 3.8) is 0 Å². The average Bonchev–Trinajstić information content (AvgIpc) is 3.05. The molecular formula is C16H22N2OS2. The van der Waals surface area contributed by atoms with Gasteiger partial charge in [0.05, 0.1) is 5.25 Å². The van der Waals surface area contributed by atoms with Crippen molar-refractivity contribution in [2.24, 2.45) is 0 Å². The van der Waals surface area contributed by atoms with Gasteiger partial charge in [0.25, 0.3) is 0 Å². The van der Waals surface area contributed by atoms with E-state index in [0.717, 1.165) is 29.4 Å². The highest BCUT2D eigenvalue weighted by molar-refractivity contribution is 8.23. The second-order valence-corrected chi connectivity index (χ2v) is 7.01. The summed E-state index contributed by atoms with van der Waals surface area (Å²) in [5.41, 5.74) is 1.12. The van der Waals surface area contributed by atoms with Crippen molar-refractivity contribution >= 4 is 34.2 Å². The van der Waals surface area contributed by atoms with Gasteiger partial charge in [-0.1, -0.05) is 61.2 Å². The Kier molecular flexibility index (Phi) is 6.51. The molecule has 1 fully saturated rings. The minimum atomic E-state index is -0.0955. The Bertz CT molecular complexity index is 472. The number of benzene rings is 1. The molecule has 21 heavy (non-hydrogen) atoms. The number of carbonyl (C=O) groups is 1. The third-order valence-electron chi connectivity index (χ3n) is 3.58. The number of nitrogens with zero attached hydrogens (tertiary/aromatic N) is 1. The highest BCUT2D eigenvalue weighted by Crippen LogP contribution is 2.22. The number of likely N-dealkylation sites (tertiary alicyclic amines) is 1. The lowest BCUT2D eigenvalue weighted by molar-refractivity contribution is -0.120. The van der Waals surface area contributed by atoms with E-state index in [1.807, 2.05) is 37.3 Å². The van der Waals surface area contributed by atoms with Crippen LogP contribution in [0.3, 0.4) is 0 Å². The highest BCUT2D eigenvalue weighted by Gasteiger charge is 2.23. The van der Waals surface area contributed by atoms with E-state index in [4.69, 9.17) is 12.2 Å². The van der Waals surface area contributed by atoms with Crippen LogP contribution < -0.4 is 5.32 Å². The van der Waals surface area contributed by atoms with Crippen molar-refractivity contribution in [3.8, 4) is 0 Å². The molecule has 0 spiro atoms.